The minimum Gasteiger partial charge on any atom is -0.382 e. The minimum absolute atomic E-state index is 0.0700. The van der Waals surface area contributed by atoms with E-state index < -0.39 is 58.3 Å². The summed E-state index contributed by atoms with van der Waals surface area (Å²) in [6.07, 6.45) is 12.0. The largest absolute Gasteiger partial charge is 0.382 e. The molecule has 3 rings (SSSR count). The molecule has 2 saturated carbocycles. The highest BCUT2D eigenvalue weighted by Gasteiger charge is 2.48. The summed E-state index contributed by atoms with van der Waals surface area (Å²) in [7, 11) is 0. The van der Waals surface area contributed by atoms with Gasteiger partial charge in [0.05, 0.1) is 6.04 Å². The molecule has 47 heavy (non-hydrogen) atoms. The predicted octanol–water partition coefficient (Wildman–Crippen LogP) is 3.41. The zero-order valence-electron chi connectivity index (χ0n) is 29.0. The van der Waals surface area contributed by atoms with Crippen molar-refractivity contribution in [3.8, 4) is 0 Å². The number of hydrogen-bond acceptors (Lipinski definition) is 7. The molecule has 0 radical (unpaired) electrons. The Morgan fingerprint density at radius 3 is 2.15 bits per heavy atom. The number of urea groups is 1. The number of nitrogens with one attached hydrogen (secondary N) is 3. The van der Waals surface area contributed by atoms with E-state index in [9.17, 15) is 33.9 Å². The van der Waals surface area contributed by atoms with Crippen molar-refractivity contribution in [1.82, 2.24) is 20.9 Å². The number of aldehydes is 1. The lowest BCUT2D eigenvalue weighted by Crippen LogP contribution is -2.64. The third kappa shape index (κ3) is 9.99. The molecule has 1 heterocycles. The minimum atomic E-state index is -1.56. The number of hydrogen-bond donors (Lipinski definition) is 5. The molecule has 3 unspecified atom stereocenters. The van der Waals surface area contributed by atoms with Gasteiger partial charge in [0.15, 0.2) is 6.29 Å². The van der Waals surface area contributed by atoms with Crippen molar-refractivity contribution in [2.45, 2.75) is 166 Å². The fraction of sp³-hybridized carbons (Fsp3) is 0.829. The van der Waals surface area contributed by atoms with Crippen molar-refractivity contribution in [2.24, 2.45) is 17.1 Å². The fourth-order valence-electron chi connectivity index (χ4n) is 8.15. The molecule has 3 fully saturated rings. The van der Waals surface area contributed by atoms with Gasteiger partial charge in [-0.2, -0.15) is 0 Å². The summed E-state index contributed by atoms with van der Waals surface area (Å²) >= 11 is 0. The summed E-state index contributed by atoms with van der Waals surface area (Å²) in [4.78, 5) is 79.8. The molecule has 12 nitrogen and oxygen atoms in total. The van der Waals surface area contributed by atoms with E-state index >= 15 is 0 Å². The topological polar surface area (TPSA) is 188 Å². The van der Waals surface area contributed by atoms with E-state index in [0.29, 0.717) is 38.5 Å². The Morgan fingerprint density at radius 2 is 1.60 bits per heavy atom. The van der Waals surface area contributed by atoms with E-state index in [1.807, 2.05) is 20.8 Å². The molecule has 5 atom stereocenters. The van der Waals surface area contributed by atoms with Crippen LogP contribution in [-0.4, -0.2) is 81.6 Å². The molecule has 0 aromatic rings. The number of aliphatic hydroxyl groups is 1. The summed E-state index contributed by atoms with van der Waals surface area (Å²) in [6.45, 7) is 8.04. The zero-order valence-corrected chi connectivity index (χ0v) is 29.0. The Bertz CT molecular complexity index is 1130. The Morgan fingerprint density at radius 1 is 0.979 bits per heavy atom. The van der Waals surface area contributed by atoms with Crippen molar-refractivity contribution in [3.63, 3.8) is 0 Å². The van der Waals surface area contributed by atoms with Crippen molar-refractivity contribution in [1.29, 1.82) is 0 Å². The second-order valence-corrected chi connectivity index (χ2v) is 14.9. The van der Waals surface area contributed by atoms with Gasteiger partial charge in [-0.15, -0.1) is 0 Å². The predicted molar refractivity (Wildman–Crippen MR) is 178 cm³/mol. The van der Waals surface area contributed by atoms with Gasteiger partial charge in [-0.05, 0) is 62.7 Å². The Balaban J connectivity index is 1.84. The van der Waals surface area contributed by atoms with E-state index in [2.05, 4.69) is 16.0 Å². The van der Waals surface area contributed by atoms with Crippen molar-refractivity contribution < 1.29 is 33.9 Å². The number of primary amides is 1. The average Bonchev–Trinajstić information content (AvgIpc) is 3.54. The molecule has 266 valence electrons. The Labute approximate surface area is 280 Å². The summed E-state index contributed by atoms with van der Waals surface area (Å²) in [5, 5.41) is 19.8. The van der Waals surface area contributed by atoms with E-state index in [4.69, 9.17) is 5.73 Å². The normalized spacial score (nSPS) is 23.8. The van der Waals surface area contributed by atoms with Gasteiger partial charge in [0.2, 0.25) is 17.6 Å². The molecule has 0 spiro atoms. The van der Waals surface area contributed by atoms with Crippen LogP contribution in [0.3, 0.4) is 0 Å². The molecule has 1 saturated heterocycles. The second kappa shape index (κ2) is 16.9. The molecule has 2 aliphatic carbocycles. The highest BCUT2D eigenvalue weighted by molar-refractivity contribution is 6.37. The number of likely N-dealkylation sites (tertiary alicyclic amines) is 1. The number of carbonyl (C=O) groups excluding carboxylic acids is 6. The van der Waals surface area contributed by atoms with Crippen LogP contribution in [0.25, 0.3) is 0 Å². The monoisotopic (exact) mass is 661 g/mol. The lowest BCUT2D eigenvalue weighted by atomic mass is 9.70. The van der Waals surface area contributed by atoms with Gasteiger partial charge in [-0.3, -0.25) is 19.2 Å². The first-order valence-corrected chi connectivity index (χ1v) is 17.9. The SMILES string of the molecule is CCCC(C)CC(NC(=O)[C@@H]1CCCN1C(=O)[C@@H](NC(=O)NC1(CC(O)(C=O)CC)CCCCC1)C1(C)CCCCC1)C(=O)C(N)=O. The molecule has 1 aliphatic heterocycles. The second-order valence-electron chi connectivity index (χ2n) is 14.9. The summed E-state index contributed by atoms with van der Waals surface area (Å²) < 4.78 is 0. The number of ketones is 1. The first-order chi connectivity index (χ1) is 22.2. The maximum atomic E-state index is 14.5. The highest BCUT2D eigenvalue weighted by Crippen LogP contribution is 2.41. The van der Waals surface area contributed by atoms with E-state index in [-0.39, 0.29) is 31.1 Å². The van der Waals surface area contributed by atoms with Crippen LogP contribution in [0.1, 0.15) is 137 Å². The molecule has 6 N–H and O–H groups in total. The molecule has 5 amide bonds. The van der Waals surface area contributed by atoms with Gasteiger partial charge in [0, 0.05) is 18.5 Å². The highest BCUT2D eigenvalue weighted by atomic mass is 16.3. The van der Waals surface area contributed by atoms with Crippen LogP contribution in [0.5, 0.6) is 0 Å². The molecule has 12 heteroatoms. The van der Waals surface area contributed by atoms with Crippen LogP contribution in [0.4, 0.5) is 4.79 Å². The van der Waals surface area contributed by atoms with E-state index in [0.717, 1.165) is 64.2 Å². The lowest BCUT2D eigenvalue weighted by Gasteiger charge is -2.44. The number of Topliss-reactive ketones (excluding diaryl/α,β-unsaturated/α-hetero) is 1. The van der Waals surface area contributed by atoms with Crippen LogP contribution in [0.2, 0.25) is 0 Å². The van der Waals surface area contributed by atoms with Crippen LogP contribution in [-0.2, 0) is 24.0 Å². The fourth-order valence-corrected chi connectivity index (χ4v) is 8.15. The van der Waals surface area contributed by atoms with Crippen LogP contribution < -0.4 is 21.7 Å². The summed E-state index contributed by atoms with van der Waals surface area (Å²) in [5.74, 6) is -2.76. The van der Waals surface area contributed by atoms with Crippen LogP contribution in [0.15, 0.2) is 0 Å². The molecule has 0 aromatic heterocycles. The van der Waals surface area contributed by atoms with Gasteiger partial charge in [-0.25, -0.2) is 4.79 Å². The number of nitrogens with zero attached hydrogens (tertiary/aromatic N) is 1. The van der Waals surface area contributed by atoms with Crippen LogP contribution in [0, 0.1) is 11.3 Å². The standard InChI is InChI=1S/C35H59N5O7/c1-5-14-24(3)21-25(27(42)29(36)43)37-30(44)26-15-13-20-40(26)31(45)28(33(4)16-9-7-10-17-33)38-32(46)39-34(18-11-8-12-19-34)22-35(47,6-2)23-41/h23-26,28,47H,5-22H2,1-4H3,(H2,36,43)(H,37,44)(H2,38,39,46)/t24?,25?,26-,28+,35?/m0/s1. The first-order valence-electron chi connectivity index (χ1n) is 17.9. The lowest BCUT2D eigenvalue weighted by molar-refractivity contribution is -0.144. The molecular weight excluding hydrogens is 602 g/mol. The number of nitrogens with two attached hydrogens (primary N) is 1. The van der Waals surface area contributed by atoms with E-state index in [1.165, 1.54) is 4.90 Å². The van der Waals surface area contributed by atoms with Gasteiger partial charge >= 0.3 is 6.03 Å². The third-order valence-corrected chi connectivity index (χ3v) is 11.0. The van der Waals surface area contributed by atoms with Gasteiger partial charge in [0.25, 0.3) is 5.91 Å². The van der Waals surface area contributed by atoms with Crippen molar-refractivity contribution in [2.75, 3.05) is 6.54 Å². The third-order valence-electron chi connectivity index (χ3n) is 11.0. The quantitative estimate of drug-likeness (QED) is 0.124. The maximum absolute atomic E-state index is 14.5. The number of rotatable bonds is 16. The summed E-state index contributed by atoms with van der Waals surface area (Å²) in [6, 6.07) is -3.38. The van der Waals surface area contributed by atoms with Crippen molar-refractivity contribution >= 4 is 35.8 Å². The van der Waals surface area contributed by atoms with Gasteiger partial charge < -0.3 is 36.5 Å². The molecular formula is C35H59N5O7. The summed E-state index contributed by atoms with van der Waals surface area (Å²) in [5.41, 5.74) is 2.41. The molecule has 0 bridgehead atoms. The van der Waals surface area contributed by atoms with E-state index in [1.54, 1.807) is 6.92 Å². The number of amides is 5. The van der Waals surface area contributed by atoms with Gasteiger partial charge in [-0.1, -0.05) is 79.1 Å². The molecule has 0 aromatic carbocycles. The van der Waals surface area contributed by atoms with Gasteiger partial charge in [0.1, 0.15) is 17.7 Å². The Kier molecular flexibility index (Phi) is 13.8. The van der Waals surface area contributed by atoms with Crippen molar-refractivity contribution in [3.05, 3.63) is 0 Å². The number of carbonyl (C=O) groups is 6. The average molecular weight is 662 g/mol. The first kappa shape index (κ1) is 38.4. The van der Waals surface area contributed by atoms with Crippen LogP contribution >= 0.6 is 0 Å². The smallest absolute Gasteiger partial charge is 0.315 e. The molecule has 3 aliphatic rings. The zero-order chi connectivity index (χ0) is 34.8. The maximum Gasteiger partial charge on any atom is 0.315 e. The Hall–Kier alpha value is -3.02.